The van der Waals surface area contributed by atoms with E-state index >= 15 is 0 Å². The fraction of sp³-hybridized carbons (Fsp3) is 0.231. The molecule has 0 atom stereocenters. The first kappa shape index (κ1) is 11.9. The molecule has 0 unspecified atom stereocenters. The van der Waals surface area contributed by atoms with E-state index in [4.69, 9.17) is 17.3 Å². The molecule has 88 valence electrons. The second kappa shape index (κ2) is 4.72. The topological polar surface area (TPSA) is 51.8 Å². The standard InChI is InChI=1S/C13H14ClN3/c1-3-11-8(2)16-13(17-12(11)15)9-5-4-6-10(14)7-9/h4-7H,3H2,1-2H3,(H2,15,16,17). The van der Waals surface area contributed by atoms with Crippen LogP contribution in [0.15, 0.2) is 24.3 Å². The van der Waals surface area contributed by atoms with E-state index in [0.29, 0.717) is 16.7 Å². The first-order valence-corrected chi connectivity index (χ1v) is 5.88. The molecule has 3 nitrogen and oxygen atoms in total. The predicted molar refractivity (Wildman–Crippen MR) is 71.0 cm³/mol. The molecule has 0 fully saturated rings. The van der Waals surface area contributed by atoms with Crippen molar-refractivity contribution in [2.75, 3.05) is 5.73 Å². The number of nitrogen functional groups attached to an aromatic ring is 1. The number of anilines is 1. The van der Waals surface area contributed by atoms with Crippen molar-refractivity contribution in [2.45, 2.75) is 20.3 Å². The van der Waals surface area contributed by atoms with Crippen molar-refractivity contribution in [1.29, 1.82) is 0 Å². The summed E-state index contributed by atoms with van der Waals surface area (Å²) in [5.41, 5.74) is 8.74. The van der Waals surface area contributed by atoms with Gasteiger partial charge in [-0.25, -0.2) is 9.97 Å². The molecule has 1 aromatic heterocycles. The van der Waals surface area contributed by atoms with Gasteiger partial charge in [0.15, 0.2) is 5.82 Å². The number of hydrogen-bond acceptors (Lipinski definition) is 3. The van der Waals surface area contributed by atoms with Gasteiger partial charge in [-0.2, -0.15) is 0 Å². The molecular weight excluding hydrogens is 234 g/mol. The van der Waals surface area contributed by atoms with Crippen LogP contribution in [0.3, 0.4) is 0 Å². The van der Waals surface area contributed by atoms with Gasteiger partial charge in [-0.15, -0.1) is 0 Å². The van der Waals surface area contributed by atoms with E-state index in [1.54, 1.807) is 0 Å². The lowest BCUT2D eigenvalue weighted by atomic mass is 10.1. The highest BCUT2D eigenvalue weighted by atomic mass is 35.5. The normalized spacial score (nSPS) is 10.5. The number of benzene rings is 1. The van der Waals surface area contributed by atoms with Gasteiger partial charge in [0.25, 0.3) is 0 Å². The summed E-state index contributed by atoms with van der Waals surface area (Å²) in [5.74, 6) is 1.18. The maximum absolute atomic E-state index is 5.95. The lowest BCUT2D eigenvalue weighted by molar-refractivity contribution is 1.01. The zero-order valence-corrected chi connectivity index (χ0v) is 10.6. The van der Waals surface area contributed by atoms with Gasteiger partial charge in [-0.3, -0.25) is 0 Å². The lowest BCUT2D eigenvalue weighted by Gasteiger charge is -2.08. The Kier molecular flexibility index (Phi) is 3.29. The number of nitrogens with two attached hydrogens (primary N) is 1. The van der Waals surface area contributed by atoms with E-state index in [9.17, 15) is 0 Å². The number of aromatic nitrogens is 2. The van der Waals surface area contributed by atoms with Crippen LogP contribution >= 0.6 is 11.6 Å². The molecule has 0 bridgehead atoms. The number of halogens is 1. The van der Waals surface area contributed by atoms with Crippen molar-refractivity contribution in [3.05, 3.63) is 40.5 Å². The molecule has 0 spiro atoms. The average molecular weight is 248 g/mol. The molecule has 0 amide bonds. The number of aryl methyl sites for hydroxylation is 1. The monoisotopic (exact) mass is 247 g/mol. The smallest absolute Gasteiger partial charge is 0.161 e. The summed E-state index contributed by atoms with van der Waals surface area (Å²) in [7, 11) is 0. The van der Waals surface area contributed by atoms with Crippen LogP contribution < -0.4 is 5.73 Å². The molecule has 0 saturated heterocycles. The average Bonchev–Trinajstić information content (AvgIpc) is 2.28. The summed E-state index contributed by atoms with van der Waals surface area (Å²) in [6.07, 6.45) is 0.841. The van der Waals surface area contributed by atoms with Crippen LogP contribution in [0.2, 0.25) is 5.02 Å². The maximum atomic E-state index is 5.95. The first-order valence-electron chi connectivity index (χ1n) is 5.50. The largest absolute Gasteiger partial charge is 0.383 e. The summed E-state index contributed by atoms with van der Waals surface area (Å²) < 4.78 is 0. The van der Waals surface area contributed by atoms with Gasteiger partial charge in [-0.1, -0.05) is 30.7 Å². The third-order valence-corrected chi connectivity index (χ3v) is 2.92. The summed E-state index contributed by atoms with van der Waals surface area (Å²) in [6.45, 7) is 3.99. The first-order chi connectivity index (χ1) is 8.11. The zero-order valence-electron chi connectivity index (χ0n) is 9.87. The third-order valence-electron chi connectivity index (χ3n) is 2.68. The summed E-state index contributed by atoms with van der Waals surface area (Å²) >= 11 is 5.95. The van der Waals surface area contributed by atoms with Crippen molar-refractivity contribution in [3.8, 4) is 11.4 Å². The van der Waals surface area contributed by atoms with Crippen LogP contribution in [0.25, 0.3) is 11.4 Å². The molecule has 2 rings (SSSR count). The summed E-state index contributed by atoms with van der Waals surface area (Å²) in [5, 5.41) is 0.668. The fourth-order valence-electron chi connectivity index (χ4n) is 1.81. The number of rotatable bonds is 2. The Bertz CT molecular complexity index is 529. The van der Waals surface area contributed by atoms with Crippen LogP contribution in [-0.4, -0.2) is 9.97 Å². The molecule has 2 aromatic rings. The molecule has 0 aliphatic carbocycles. The molecule has 0 radical (unpaired) electrons. The highest BCUT2D eigenvalue weighted by molar-refractivity contribution is 6.30. The second-order valence-corrected chi connectivity index (χ2v) is 4.30. The van der Waals surface area contributed by atoms with E-state index in [-0.39, 0.29) is 0 Å². The molecule has 0 aliphatic heterocycles. The number of nitrogens with zero attached hydrogens (tertiary/aromatic N) is 2. The van der Waals surface area contributed by atoms with E-state index < -0.39 is 0 Å². The van der Waals surface area contributed by atoms with Gasteiger partial charge < -0.3 is 5.73 Å². The number of hydrogen-bond donors (Lipinski definition) is 1. The van der Waals surface area contributed by atoms with Crippen molar-refractivity contribution < 1.29 is 0 Å². The van der Waals surface area contributed by atoms with Gasteiger partial charge in [0.1, 0.15) is 5.82 Å². The SMILES string of the molecule is CCc1c(C)nc(-c2cccc(Cl)c2)nc1N. The van der Waals surface area contributed by atoms with Crippen molar-refractivity contribution in [1.82, 2.24) is 9.97 Å². The Morgan fingerprint density at radius 3 is 2.65 bits per heavy atom. The molecule has 1 heterocycles. The van der Waals surface area contributed by atoms with Crippen molar-refractivity contribution in [2.24, 2.45) is 0 Å². The quantitative estimate of drug-likeness (QED) is 0.886. The third kappa shape index (κ3) is 2.39. The highest BCUT2D eigenvalue weighted by Gasteiger charge is 2.09. The molecule has 2 N–H and O–H groups in total. The minimum absolute atomic E-state index is 0.551. The Balaban J connectivity index is 2.54. The lowest BCUT2D eigenvalue weighted by Crippen LogP contribution is -2.04. The van der Waals surface area contributed by atoms with Crippen LogP contribution in [0.5, 0.6) is 0 Å². The highest BCUT2D eigenvalue weighted by Crippen LogP contribution is 2.23. The Labute approximate surface area is 106 Å². The predicted octanol–water partition coefficient (Wildman–Crippen LogP) is 3.25. The minimum Gasteiger partial charge on any atom is -0.383 e. The molecule has 0 saturated carbocycles. The van der Waals surface area contributed by atoms with Crippen LogP contribution in [0.1, 0.15) is 18.2 Å². The van der Waals surface area contributed by atoms with Crippen LogP contribution in [0, 0.1) is 6.92 Å². The van der Waals surface area contributed by atoms with Gasteiger partial charge in [0.05, 0.1) is 0 Å². The van der Waals surface area contributed by atoms with Gasteiger partial charge in [0, 0.05) is 21.8 Å². The maximum Gasteiger partial charge on any atom is 0.161 e. The molecule has 17 heavy (non-hydrogen) atoms. The summed E-state index contributed by atoms with van der Waals surface area (Å²) in [6, 6.07) is 7.45. The minimum atomic E-state index is 0.551. The second-order valence-electron chi connectivity index (χ2n) is 3.86. The van der Waals surface area contributed by atoms with Crippen molar-refractivity contribution in [3.63, 3.8) is 0 Å². The molecule has 1 aromatic carbocycles. The van der Waals surface area contributed by atoms with Crippen molar-refractivity contribution >= 4 is 17.4 Å². The van der Waals surface area contributed by atoms with E-state index in [2.05, 4.69) is 9.97 Å². The van der Waals surface area contributed by atoms with E-state index in [0.717, 1.165) is 23.2 Å². The van der Waals surface area contributed by atoms with E-state index in [1.807, 2.05) is 38.1 Å². The molecular formula is C13H14ClN3. The Morgan fingerprint density at radius 1 is 1.29 bits per heavy atom. The molecule has 4 heteroatoms. The van der Waals surface area contributed by atoms with Gasteiger partial charge >= 0.3 is 0 Å². The molecule has 0 aliphatic rings. The summed E-state index contributed by atoms with van der Waals surface area (Å²) in [4.78, 5) is 8.79. The van der Waals surface area contributed by atoms with Gasteiger partial charge in [-0.05, 0) is 25.5 Å². The van der Waals surface area contributed by atoms with Gasteiger partial charge in [0.2, 0.25) is 0 Å². The Hall–Kier alpha value is -1.61. The van der Waals surface area contributed by atoms with Crippen LogP contribution in [-0.2, 0) is 6.42 Å². The fourth-order valence-corrected chi connectivity index (χ4v) is 2.00. The Morgan fingerprint density at radius 2 is 2.06 bits per heavy atom. The van der Waals surface area contributed by atoms with E-state index in [1.165, 1.54) is 0 Å². The zero-order chi connectivity index (χ0) is 12.4. The van der Waals surface area contributed by atoms with Crippen LogP contribution in [0.4, 0.5) is 5.82 Å².